The van der Waals surface area contributed by atoms with Crippen molar-refractivity contribution < 1.29 is 33.5 Å². The third-order valence-electron chi connectivity index (χ3n) is 3.11. The van der Waals surface area contributed by atoms with Crippen molar-refractivity contribution in [3.8, 4) is 5.75 Å². The number of non-ortho nitro benzene ring substituents is 1. The Hall–Kier alpha value is -3.17. The average Bonchev–Trinajstić information content (AvgIpc) is 2.56. The Morgan fingerprint density at radius 1 is 1.19 bits per heavy atom. The second-order valence-corrected chi connectivity index (χ2v) is 6.49. The first-order chi connectivity index (χ1) is 12.5. The molecule has 0 aliphatic carbocycles. The lowest BCUT2D eigenvalue weighted by atomic mass is 10.1. The van der Waals surface area contributed by atoms with E-state index in [1.165, 1.54) is 31.4 Å². The van der Waals surface area contributed by atoms with Crippen LogP contribution in [0.3, 0.4) is 0 Å². The summed E-state index contributed by atoms with van der Waals surface area (Å²) in [5.41, 5.74) is -0.942. The molecule has 1 aromatic rings. The highest BCUT2D eigenvalue weighted by Crippen LogP contribution is 2.18. The lowest BCUT2D eigenvalue weighted by molar-refractivity contribution is -0.384. The van der Waals surface area contributed by atoms with E-state index in [2.05, 4.69) is 10.1 Å². The molecule has 0 aromatic heterocycles. The van der Waals surface area contributed by atoms with E-state index >= 15 is 0 Å². The zero-order valence-corrected chi connectivity index (χ0v) is 15.5. The molecule has 10 heteroatoms. The highest BCUT2D eigenvalue weighted by molar-refractivity contribution is 5.83. The molecule has 1 N–H and O–H groups in total. The van der Waals surface area contributed by atoms with E-state index < -0.39 is 34.6 Å². The lowest BCUT2D eigenvalue weighted by Crippen LogP contribution is -2.45. The largest absolute Gasteiger partial charge is 0.469 e. The van der Waals surface area contributed by atoms with Gasteiger partial charge in [-0.25, -0.2) is 9.59 Å². The molecule has 1 atom stereocenters. The molecule has 10 nitrogen and oxygen atoms in total. The van der Waals surface area contributed by atoms with Crippen LogP contribution in [-0.4, -0.2) is 41.7 Å². The van der Waals surface area contributed by atoms with Gasteiger partial charge in [-0.2, -0.15) is 0 Å². The summed E-state index contributed by atoms with van der Waals surface area (Å²) in [4.78, 5) is 45.7. The third-order valence-corrected chi connectivity index (χ3v) is 3.11. The molecule has 0 radical (unpaired) electrons. The number of rotatable bonds is 7. The van der Waals surface area contributed by atoms with E-state index in [0.29, 0.717) is 0 Å². The molecule has 148 valence electrons. The van der Waals surface area contributed by atoms with Gasteiger partial charge in [-0.1, -0.05) is 0 Å². The van der Waals surface area contributed by atoms with E-state index in [9.17, 15) is 24.5 Å². The Bertz CT molecular complexity index is 694. The second-order valence-electron chi connectivity index (χ2n) is 6.49. The summed E-state index contributed by atoms with van der Waals surface area (Å²) in [5.74, 6) is -1.35. The SMILES string of the molecule is COC(=O)CC[C@H](NC(=O)OC(C)(C)C)C(=O)Oc1ccc([N+](=O)[O-])cc1. The first-order valence-corrected chi connectivity index (χ1v) is 8.04. The van der Waals surface area contributed by atoms with Crippen molar-refractivity contribution in [3.05, 3.63) is 34.4 Å². The summed E-state index contributed by atoms with van der Waals surface area (Å²) < 4.78 is 14.7. The van der Waals surface area contributed by atoms with E-state index in [-0.39, 0.29) is 24.3 Å². The van der Waals surface area contributed by atoms with Crippen molar-refractivity contribution in [2.75, 3.05) is 7.11 Å². The lowest BCUT2D eigenvalue weighted by Gasteiger charge is -2.22. The molecule has 0 fully saturated rings. The number of esters is 2. The van der Waals surface area contributed by atoms with Crippen LogP contribution >= 0.6 is 0 Å². The minimum Gasteiger partial charge on any atom is -0.469 e. The maximum Gasteiger partial charge on any atom is 0.408 e. The predicted octanol–water partition coefficient (Wildman–Crippen LogP) is 2.35. The number of hydrogen-bond acceptors (Lipinski definition) is 8. The van der Waals surface area contributed by atoms with Crippen molar-refractivity contribution in [2.45, 2.75) is 45.3 Å². The van der Waals surface area contributed by atoms with Gasteiger partial charge in [0.1, 0.15) is 17.4 Å². The van der Waals surface area contributed by atoms with Crippen LogP contribution < -0.4 is 10.1 Å². The standard InChI is InChI=1S/C17H22N2O8/c1-17(2,3)27-16(22)18-13(9-10-14(20)25-4)15(21)26-12-7-5-11(6-8-12)19(23)24/h5-8,13H,9-10H2,1-4H3,(H,18,22)/t13-/m0/s1. The minimum absolute atomic E-state index is 0.0552. The van der Waals surface area contributed by atoms with E-state index in [1.807, 2.05) is 0 Å². The predicted molar refractivity (Wildman–Crippen MR) is 93.1 cm³/mol. The van der Waals surface area contributed by atoms with Crippen LogP contribution in [0, 0.1) is 10.1 Å². The molecular formula is C17H22N2O8. The summed E-state index contributed by atoms with van der Waals surface area (Å²) in [6.45, 7) is 4.97. The number of amides is 1. The van der Waals surface area contributed by atoms with Gasteiger partial charge in [-0.3, -0.25) is 14.9 Å². The number of carbonyl (C=O) groups is 3. The number of nitrogens with one attached hydrogen (secondary N) is 1. The summed E-state index contributed by atoms with van der Waals surface area (Å²) >= 11 is 0. The quantitative estimate of drug-likeness (QED) is 0.329. The molecular weight excluding hydrogens is 360 g/mol. The first kappa shape index (κ1) is 21.9. The summed E-state index contributed by atoms with van der Waals surface area (Å²) in [6, 6.07) is 3.68. The maximum absolute atomic E-state index is 12.4. The Balaban J connectivity index is 2.82. The van der Waals surface area contributed by atoms with Gasteiger partial charge in [0, 0.05) is 18.6 Å². The number of ether oxygens (including phenoxy) is 3. The fourth-order valence-corrected chi connectivity index (χ4v) is 1.89. The Labute approximate surface area is 155 Å². The molecule has 0 spiro atoms. The van der Waals surface area contributed by atoms with E-state index in [0.717, 1.165) is 0 Å². The zero-order chi connectivity index (χ0) is 20.6. The maximum atomic E-state index is 12.4. The van der Waals surface area contributed by atoms with E-state index in [4.69, 9.17) is 9.47 Å². The monoisotopic (exact) mass is 382 g/mol. The number of nitro groups is 1. The second kappa shape index (κ2) is 9.51. The molecule has 0 unspecified atom stereocenters. The molecule has 0 bridgehead atoms. The van der Waals surface area contributed by atoms with Crippen LogP contribution in [0.15, 0.2) is 24.3 Å². The summed E-state index contributed by atoms with van der Waals surface area (Å²) in [5, 5.41) is 13.0. The van der Waals surface area contributed by atoms with Gasteiger partial charge in [0.15, 0.2) is 0 Å². The molecule has 1 rings (SSSR count). The number of hydrogen-bond donors (Lipinski definition) is 1. The first-order valence-electron chi connectivity index (χ1n) is 8.04. The molecule has 0 aliphatic heterocycles. The molecule has 0 heterocycles. The fraction of sp³-hybridized carbons (Fsp3) is 0.471. The van der Waals surface area contributed by atoms with Gasteiger partial charge in [-0.15, -0.1) is 0 Å². The number of carbonyl (C=O) groups excluding carboxylic acids is 3. The molecule has 1 amide bonds. The van der Waals surface area contributed by atoms with Gasteiger partial charge in [-0.05, 0) is 39.3 Å². The number of benzene rings is 1. The Kier molecular flexibility index (Phi) is 7.70. The molecule has 0 aliphatic rings. The topological polar surface area (TPSA) is 134 Å². The van der Waals surface area contributed by atoms with Crippen LogP contribution in [0.4, 0.5) is 10.5 Å². The van der Waals surface area contributed by atoms with Gasteiger partial charge in [0.2, 0.25) is 0 Å². The van der Waals surface area contributed by atoms with Crippen molar-refractivity contribution >= 4 is 23.7 Å². The number of alkyl carbamates (subject to hydrolysis) is 1. The van der Waals surface area contributed by atoms with Gasteiger partial charge >= 0.3 is 18.0 Å². The van der Waals surface area contributed by atoms with Crippen LogP contribution in [0.2, 0.25) is 0 Å². The number of nitro benzene ring substituents is 1. The van der Waals surface area contributed by atoms with Crippen molar-refractivity contribution in [1.82, 2.24) is 5.32 Å². The Morgan fingerprint density at radius 2 is 1.78 bits per heavy atom. The smallest absolute Gasteiger partial charge is 0.408 e. The third kappa shape index (κ3) is 8.17. The molecule has 1 aromatic carbocycles. The number of nitrogens with zero attached hydrogens (tertiary/aromatic N) is 1. The van der Waals surface area contributed by atoms with Crippen molar-refractivity contribution in [1.29, 1.82) is 0 Å². The number of methoxy groups -OCH3 is 1. The van der Waals surface area contributed by atoms with Crippen LogP contribution in [-0.2, 0) is 19.1 Å². The highest BCUT2D eigenvalue weighted by atomic mass is 16.6. The van der Waals surface area contributed by atoms with Crippen LogP contribution in [0.25, 0.3) is 0 Å². The van der Waals surface area contributed by atoms with Gasteiger partial charge < -0.3 is 19.5 Å². The molecule has 0 saturated carbocycles. The fourth-order valence-electron chi connectivity index (χ4n) is 1.89. The van der Waals surface area contributed by atoms with Crippen molar-refractivity contribution in [3.63, 3.8) is 0 Å². The summed E-state index contributed by atoms with van der Waals surface area (Å²) in [6.07, 6.45) is -1.05. The van der Waals surface area contributed by atoms with Gasteiger partial charge in [0.25, 0.3) is 5.69 Å². The Morgan fingerprint density at radius 3 is 2.26 bits per heavy atom. The van der Waals surface area contributed by atoms with Gasteiger partial charge in [0.05, 0.1) is 12.0 Å². The van der Waals surface area contributed by atoms with Crippen molar-refractivity contribution in [2.24, 2.45) is 0 Å². The van der Waals surface area contributed by atoms with Crippen LogP contribution in [0.5, 0.6) is 5.75 Å². The zero-order valence-electron chi connectivity index (χ0n) is 15.5. The minimum atomic E-state index is -1.17. The van der Waals surface area contributed by atoms with Crippen LogP contribution in [0.1, 0.15) is 33.6 Å². The van der Waals surface area contributed by atoms with E-state index in [1.54, 1.807) is 20.8 Å². The molecule has 27 heavy (non-hydrogen) atoms. The highest BCUT2D eigenvalue weighted by Gasteiger charge is 2.27. The normalized spacial score (nSPS) is 11.9. The average molecular weight is 382 g/mol. The molecule has 0 saturated heterocycles. The summed E-state index contributed by atoms with van der Waals surface area (Å²) in [7, 11) is 1.20.